The third-order valence-electron chi connectivity index (χ3n) is 5.58. The third kappa shape index (κ3) is 4.64. The maximum absolute atomic E-state index is 14.9. The smallest absolute Gasteiger partial charge is 0.407 e. The van der Waals surface area contributed by atoms with Crippen LogP contribution in [0.1, 0.15) is 29.3 Å². The van der Waals surface area contributed by atoms with E-state index in [-0.39, 0.29) is 29.5 Å². The van der Waals surface area contributed by atoms with E-state index in [9.17, 15) is 23.9 Å². The van der Waals surface area contributed by atoms with Crippen molar-refractivity contribution in [2.75, 3.05) is 18.0 Å². The van der Waals surface area contributed by atoms with E-state index < -0.39 is 28.9 Å². The molecule has 1 aliphatic rings. The van der Waals surface area contributed by atoms with Gasteiger partial charge >= 0.3 is 12.1 Å². The van der Waals surface area contributed by atoms with E-state index in [0.717, 1.165) is 11.6 Å². The van der Waals surface area contributed by atoms with Crippen LogP contribution in [-0.2, 0) is 17.9 Å². The second-order valence-corrected chi connectivity index (χ2v) is 7.77. The Morgan fingerprint density at radius 1 is 1.30 bits per heavy atom. The number of amides is 1. The quantitative estimate of drug-likeness (QED) is 0.589. The Bertz CT molecular complexity index is 1260. The predicted octanol–water partition coefficient (Wildman–Crippen LogP) is 2.76. The number of hydrogen-bond acceptors (Lipinski definition) is 6. The number of carboxylic acids is 1. The average molecular weight is 454 g/mol. The number of nitrogens with zero attached hydrogens (tertiary/aromatic N) is 3. The number of aromatic nitrogens is 2. The van der Waals surface area contributed by atoms with Crippen LogP contribution in [0.4, 0.5) is 15.0 Å². The standard InChI is InChI=1S/C23H23FN4O5/c1-2-27-12-17(22(30)31)19(29)16-10-18(24)21(26-20(16)27)28-9-8-15(11-28)25-23(32)33-13-14-6-4-3-5-7-14/h3-7,10,12,15H,2,8-9,11,13H2,1H3,(H,25,32)(H,30,31). The van der Waals surface area contributed by atoms with Crippen LogP contribution >= 0.6 is 0 Å². The van der Waals surface area contributed by atoms with Gasteiger partial charge < -0.3 is 24.6 Å². The molecule has 2 N–H and O–H groups in total. The first-order valence-corrected chi connectivity index (χ1v) is 10.6. The molecule has 2 aromatic heterocycles. The summed E-state index contributed by atoms with van der Waals surface area (Å²) >= 11 is 0. The summed E-state index contributed by atoms with van der Waals surface area (Å²) in [6.45, 7) is 3.04. The van der Waals surface area contributed by atoms with Crippen molar-refractivity contribution in [3.8, 4) is 0 Å². The topological polar surface area (TPSA) is 114 Å². The van der Waals surface area contributed by atoms with E-state index in [0.29, 0.717) is 26.1 Å². The Hall–Kier alpha value is -3.95. The summed E-state index contributed by atoms with van der Waals surface area (Å²) in [5.74, 6) is -2.05. The molecule has 1 fully saturated rings. The van der Waals surface area contributed by atoms with Gasteiger partial charge in [-0.05, 0) is 25.0 Å². The van der Waals surface area contributed by atoms with Gasteiger partial charge in [0.2, 0.25) is 5.43 Å². The molecule has 0 saturated carbocycles. The maximum Gasteiger partial charge on any atom is 0.407 e. The van der Waals surface area contributed by atoms with Crippen LogP contribution in [0.15, 0.2) is 47.4 Å². The number of benzene rings is 1. The first-order chi connectivity index (χ1) is 15.9. The van der Waals surface area contributed by atoms with Crippen LogP contribution in [0, 0.1) is 5.82 Å². The van der Waals surface area contributed by atoms with Crippen molar-refractivity contribution in [3.05, 3.63) is 69.8 Å². The summed E-state index contributed by atoms with van der Waals surface area (Å²) in [6, 6.07) is 10.1. The number of halogens is 1. The largest absolute Gasteiger partial charge is 0.477 e. The van der Waals surface area contributed by atoms with Gasteiger partial charge in [-0.3, -0.25) is 4.79 Å². The second-order valence-electron chi connectivity index (χ2n) is 7.77. The summed E-state index contributed by atoms with van der Waals surface area (Å²) in [6.07, 6.45) is 1.23. The number of anilines is 1. The van der Waals surface area contributed by atoms with Crippen LogP contribution in [0.2, 0.25) is 0 Å². The van der Waals surface area contributed by atoms with Crippen LogP contribution in [-0.4, -0.2) is 45.9 Å². The Kier molecular flexibility index (Phi) is 6.25. The number of carbonyl (C=O) groups excluding carboxylic acids is 1. The molecule has 0 radical (unpaired) electrons. The van der Waals surface area contributed by atoms with Gasteiger partial charge in [0.05, 0.1) is 11.4 Å². The molecule has 0 spiro atoms. The minimum absolute atomic E-state index is 0.0501. The minimum Gasteiger partial charge on any atom is -0.477 e. The van der Waals surface area contributed by atoms with Crippen molar-refractivity contribution in [3.63, 3.8) is 0 Å². The van der Waals surface area contributed by atoms with Crippen LogP contribution in [0.25, 0.3) is 11.0 Å². The zero-order chi connectivity index (χ0) is 23.5. The number of aryl methyl sites for hydroxylation is 1. The van der Waals surface area contributed by atoms with Gasteiger partial charge in [0.1, 0.15) is 17.8 Å². The molecule has 1 aromatic carbocycles. The highest BCUT2D eigenvalue weighted by Gasteiger charge is 2.28. The summed E-state index contributed by atoms with van der Waals surface area (Å²) in [5.41, 5.74) is -0.126. The summed E-state index contributed by atoms with van der Waals surface area (Å²) in [5, 5.41) is 12.0. The number of carboxylic acid groups (broad SMARTS) is 1. The molecule has 10 heteroatoms. The molecule has 172 valence electrons. The van der Waals surface area contributed by atoms with Crippen LogP contribution in [0.5, 0.6) is 0 Å². The van der Waals surface area contributed by atoms with Gasteiger partial charge in [-0.25, -0.2) is 19.0 Å². The molecule has 9 nitrogen and oxygen atoms in total. The zero-order valence-electron chi connectivity index (χ0n) is 18.0. The molecule has 1 unspecified atom stereocenters. The van der Waals surface area contributed by atoms with Crippen molar-refractivity contribution in [2.45, 2.75) is 32.5 Å². The van der Waals surface area contributed by atoms with Crippen molar-refractivity contribution < 1.29 is 23.8 Å². The fourth-order valence-electron chi connectivity index (χ4n) is 3.89. The minimum atomic E-state index is -1.37. The molecular formula is C23H23FN4O5. The lowest BCUT2D eigenvalue weighted by molar-refractivity contribution is 0.0694. The first kappa shape index (κ1) is 22.3. The molecule has 0 bridgehead atoms. The number of ether oxygens (including phenoxy) is 1. The molecule has 1 saturated heterocycles. The van der Waals surface area contributed by atoms with E-state index >= 15 is 0 Å². The predicted molar refractivity (Wildman–Crippen MR) is 119 cm³/mol. The molecular weight excluding hydrogens is 431 g/mol. The van der Waals surface area contributed by atoms with Gasteiger partial charge in [-0.1, -0.05) is 30.3 Å². The number of fused-ring (bicyclic) bond motifs is 1. The Labute approximate surface area is 188 Å². The van der Waals surface area contributed by atoms with Gasteiger partial charge in [-0.15, -0.1) is 0 Å². The van der Waals surface area contributed by atoms with Crippen LogP contribution in [0.3, 0.4) is 0 Å². The van der Waals surface area contributed by atoms with Crippen molar-refractivity contribution >= 4 is 28.9 Å². The lowest BCUT2D eigenvalue weighted by Gasteiger charge is -2.20. The van der Waals surface area contributed by atoms with Crippen molar-refractivity contribution in [1.82, 2.24) is 14.9 Å². The van der Waals surface area contributed by atoms with Gasteiger partial charge in [-0.2, -0.15) is 0 Å². The molecule has 33 heavy (non-hydrogen) atoms. The lowest BCUT2D eigenvalue weighted by Crippen LogP contribution is -2.37. The monoisotopic (exact) mass is 454 g/mol. The number of aromatic carboxylic acids is 1. The zero-order valence-corrected chi connectivity index (χ0v) is 18.0. The number of rotatable bonds is 6. The molecule has 4 rings (SSSR count). The Balaban J connectivity index is 1.49. The number of hydrogen-bond donors (Lipinski definition) is 2. The number of pyridine rings is 2. The molecule has 1 atom stereocenters. The van der Waals surface area contributed by atoms with E-state index in [1.807, 2.05) is 30.3 Å². The fourth-order valence-corrected chi connectivity index (χ4v) is 3.89. The highest BCUT2D eigenvalue weighted by atomic mass is 19.1. The summed E-state index contributed by atoms with van der Waals surface area (Å²) < 4.78 is 21.7. The number of nitrogens with one attached hydrogen (secondary N) is 1. The van der Waals surface area contributed by atoms with E-state index in [4.69, 9.17) is 4.74 Å². The van der Waals surface area contributed by atoms with E-state index in [1.165, 1.54) is 10.8 Å². The van der Waals surface area contributed by atoms with E-state index in [2.05, 4.69) is 10.3 Å². The van der Waals surface area contributed by atoms with Crippen molar-refractivity contribution in [1.29, 1.82) is 0 Å². The number of alkyl carbamates (subject to hydrolysis) is 1. The third-order valence-corrected chi connectivity index (χ3v) is 5.58. The van der Waals surface area contributed by atoms with Gasteiger partial charge in [0.15, 0.2) is 11.6 Å². The SMILES string of the molecule is CCn1cc(C(=O)O)c(=O)c2cc(F)c(N3CCC(NC(=O)OCc4ccccc4)C3)nc21. The lowest BCUT2D eigenvalue weighted by atomic mass is 10.2. The second kappa shape index (κ2) is 9.27. The maximum atomic E-state index is 14.9. The molecule has 3 heterocycles. The highest BCUT2D eigenvalue weighted by Crippen LogP contribution is 2.25. The van der Waals surface area contributed by atoms with Crippen molar-refractivity contribution in [2.24, 2.45) is 0 Å². The first-order valence-electron chi connectivity index (χ1n) is 10.6. The van der Waals surface area contributed by atoms with Gasteiger partial charge in [0.25, 0.3) is 0 Å². The molecule has 1 aliphatic heterocycles. The molecule has 3 aromatic rings. The summed E-state index contributed by atoms with van der Waals surface area (Å²) in [4.78, 5) is 42.0. The average Bonchev–Trinajstić information content (AvgIpc) is 3.26. The normalized spacial score (nSPS) is 15.6. The Morgan fingerprint density at radius 2 is 2.06 bits per heavy atom. The number of carbonyl (C=O) groups is 2. The highest BCUT2D eigenvalue weighted by molar-refractivity contribution is 5.92. The molecule has 0 aliphatic carbocycles. The van der Waals surface area contributed by atoms with Crippen LogP contribution < -0.4 is 15.6 Å². The van der Waals surface area contributed by atoms with E-state index in [1.54, 1.807) is 11.8 Å². The van der Waals surface area contributed by atoms with Gasteiger partial charge in [0, 0.05) is 25.8 Å². The summed E-state index contributed by atoms with van der Waals surface area (Å²) in [7, 11) is 0. The fraction of sp³-hybridized carbons (Fsp3) is 0.304. The molecule has 1 amide bonds. The Morgan fingerprint density at radius 3 is 2.76 bits per heavy atom.